The minimum atomic E-state index is -0.0302. The maximum absolute atomic E-state index is 12.3. The van der Waals surface area contributed by atoms with Crippen molar-refractivity contribution < 1.29 is 4.79 Å². The molecular formula is C23H21N3O2. The number of pyridine rings is 1. The van der Waals surface area contributed by atoms with Crippen molar-refractivity contribution in [3.63, 3.8) is 0 Å². The number of benzene rings is 2. The third kappa shape index (κ3) is 4.04. The highest BCUT2D eigenvalue weighted by molar-refractivity contribution is 5.90. The number of fused-ring (bicyclic) bond motifs is 1. The zero-order valence-electron chi connectivity index (χ0n) is 15.4. The SMILES string of the molecule is O=C(CCn1ccc2ccccc21)Nc1ccc(Cn2ccccc2=O)cc1. The summed E-state index contributed by atoms with van der Waals surface area (Å²) in [5.74, 6) is -0.0233. The molecule has 5 heteroatoms. The van der Waals surface area contributed by atoms with Gasteiger partial charge in [-0.25, -0.2) is 0 Å². The molecule has 0 aliphatic rings. The summed E-state index contributed by atoms with van der Waals surface area (Å²) in [6, 6.07) is 22.9. The summed E-state index contributed by atoms with van der Waals surface area (Å²) in [4.78, 5) is 24.1. The molecule has 1 N–H and O–H groups in total. The number of para-hydroxylation sites is 1. The molecule has 0 bridgehead atoms. The highest BCUT2D eigenvalue weighted by Crippen LogP contribution is 2.16. The molecule has 2 aromatic heterocycles. The number of carbonyl (C=O) groups is 1. The van der Waals surface area contributed by atoms with Gasteiger partial charge in [-0.1, -0.05) is 36.4 Å². The van der Waals surface area contributed by atoms with E-state index in [-0.39, 0.29) is 11.5 Å². The van der Waals surface area contributed by atoms with Crippen LogP contribution in [0.2, 0.25) is 0 Å². The Kier molecular flexibility index (Phi) is 5.06. The van der Waals surface area contributed by atoms with E-state index in [1.54, 1.807) is 22.9 Å². The molecule has 2 aromatic carbocycles. The summed E-state index contributed by atoms with van der Waals surface area (Å²) in [5, 5.41) is 4.11. The summed E-state index contributed by atoms with van der Waals surface area (Å²) in [5.41, 5.74) is 2.87. The first-order valence-corrected chi connectivity index (χ1v) is 9.27. The number of hydrogen-bond donors (Lipinski definition) is 1. The van der Waals surface area contributed by atoms with Gasteiger partial charge in [0.25, 0.3) is 5.56 Å². The van der Waals surface area contributed by atoms with Crippen molar-refractivity contribution >= 4 is 22.5 Å². The number of nitrogens with zero attached hydrogens (tertiary/aromatic N) is 2. The Hall–Kier alpha value is -3.60. The van der Waals surface area contributed by atoms with E-state index in [9.17, 15) is 9.59 Å². The number of nitrogens with one attached hydrogen (secondary N) is 1. The molecule has 0 spiro atoms. The fourth-order valence-corrected chi connectivity index (χ4v) is 3.26. The number of hydrogen-bond acceptors (Lipinski definition) is 2. The lowest BCUT2D eigenvalue weighted by Crippen LogP contribution is -2.18. The van der Waals surface area contributed by atoms with E-state index in [0.29, 0.717) is 19.5 Å². The molecular weight excluding hydrogens is 350 g/mol. The van der Waals surface area contributed by atoms with Crippen LogP contribution < -0.4 is 10.9 Å². The minimum absolute atomic E-state index is 0.0233. The number of aryl methyl sites for hydroxylation is 1. The van der Waals surface area contributed by atoms with E-state index in [0.717, 1.165) is 16.8 Å². The van der Waals surface area contributed by atoms with E-state index in [4.69, 9.17) is 0 Å². The van der Waals surface area contributed by atoms with Crippen molar-refractivity contribution in [2.75, 3.05) is 5.32 Å². The van der Waals surface area contributed by atoms with Crippen LogP contribution in [0.15, 0.2) is 90.0 Å². The van der Waals surface area contributed by atoms with Crippen LogP contribution in [0, 0.1) is 0 Å². The van der Waals surface area contributed by atoms with Crippen LogP contribution in [0.1, 0.15) is 12.0 Å². The number of anilines is 1. The number of rotatable bonds is 6. The second-order valence-corrected chi connectivity index (χ2v) is 6.73. The van der Waals surface area contributed by atoms with Gasteiger partial charge in [0.2, 0.25) is 5.91 Å². The molecule has 0 radical (unpaired) electrons. The Labute approximate surface area is 162 Å². The van der Waals surface area contributed by atoms with Crippen LogP contribution in [0.25, 0.3) is 10.9 Å². The maximum Gasteiger partial charge on any atom is 0.250 e. The first kappa shape index (κ1) is 17.8. The second-order valence-electron chi connectivity index (χ2n) is 6.73. The number of aromatic nitrogens is 2. The van der Waals surface area contributed by atoms with Gasteiger partial charge in [-0.3, -0.25) is 9.59 Å². The zero-order valence-corrected chi connectivity index (χ0v) is 15.4. The summed E-state index contributed by atoms with van der Waals surface area (Å²) in [7, 11) is 0. The minimum Gasteiger partial charge on any atom is -0.347 e. The first-order chi connectivity index (χ1) is 13.7. The average molecular weight is 371 g/mol. The Morgan fingerprint density at radius 3 is 2.43 bits per heavy atom. The van der Waals surface area contributed by atoms with Gasteiger partial charge in [0.1, 0.15) is 0 Å². The van der Waals surface area contributed by atoms with Crippen molar-refractivity contribution in [1.29, 1.82) is 0 Å². The topological polar surface area (TPSA) is 56.0 Å². The van der Waals surface area contributed by atoms with Crippen molar-refractivity contribution in [2.45, 2.75) is 19.5 Å². The first-order valence-electron chi connectivity index (χ1n) is 9.27. The highest BCUT2D eigenvalue weighted by atomic mass is 16.1. The lowest BCUT2D eigenvalue weighted by atomic mass is 10.2. The van der Waals surface area contributed by atoms with Crippen LogP contribution in [-0.2, 0) is 17.9 Å². The smallest absolute Gasteiger partial charge is 0.250 e. The van der Waals surface area contributed by atoms with Gasteiger partial charge in [0.05, 0.1) is 6.54 Å². The second kappa shape index (κ2) is 7.96. The van der Waals surface area contributed by atoms with Crippen molar-refractivity contribution in [2.24, 2.45) is 0 Å². The van der Waals surface area contributed by atoms with Gasteiger partial charge in [0.15, 0.2) is 0 Å². The summed E-state index contributed by atoms with van der Waals surface area (Å²) in [6.45, 7) is 1.14. The van der Waals surface area contributed by atoms with E-state index in [1.807, 2.05) is 48.7 Å². The van der Waals surface area contributed by atoms with Crippen LogP contribution in [-0.4, -0.2) is 15.0 Å². The molecule has 2 heterocycles. The lowest BCUT2D eigenvalue weighted by molar-refractivity contribution is -0.116. The number of amides is 1. The lowest BCUT2D eigenvalue weighted by Gasteiger charge is -2.09. The van der Waals surface area contributed by atoms with Gasteiger partial charge in [0, 0.05) is 42.6 Å². The molecule has 0 saturated carbocycles. The highest BCUT2D eigenvalue weighted by Gasteiger charge is 2.06. The fraction of sp³-hybridized carbons (Fsp3) is 0.130. The molecule has 0 atom stereocenters. The number of carbonyl (C=O) groups excluding carboxylic acids is 1. The van der Waals surface area contributed by atoms with Crippen molar-refractivity contribution in [3.8, 4) is 0 Å². The zero-order chi connectivity index (χ0) is 19.3. The normalized spacial score (nSPS) is 10.9. The van der Waals surface area contributed by atoms with Crippen molar-refractivity contribution in [1.82, 2.24) is 9.13 Å². The Balaban J connectivity index is 1.34. The molecule has 28 heavy (non-hydrogen) atoms. The van der Waals surface area contributed by atoms with Crippen LogP contribution >= 0.6 is 0 Å². The molecule has 0 fully saturated rings. The molecule has 5 nitrogen and oxygen atoms in total. The van der Waals surface area contributed by atoms with Crippen LogP contribution in [0.5, 0.6) is 0 Å². The third-order valence-corrected chi connectivity index (χ3v) is 4.75. The van der Waals surface area contributed by atoms with Gasteiger partial charge in [-0.05, 0) is 41.3 Å². The summed E-state index contributed by atoms with van der Waals surface area (Å²) < 4.78 is 3.74. The Bertz CT molecular complexity index is 1160. The van der Waals surface area contributed by atoms with Gasteiger partial charge < -0.3 is 14.5 Å². The molecule has 4 rings (SSSR count). The summed E-state index contributed by atoms with van der Waals surface area (Å²) >= 11 is 0. The van der Waals surface area contributed by atoms with E-state index in [2.05, 4.69) is 28.1 Å². The van der Waals surface area contributed by atoms with E-state index >= 15 is 0 Å². The quantitative estimate of drug-likeness (QED) is 0.559. The predicted molar refractivity (Wildman–Crippen MR) is 111 cm³/mol. The van der Waals surface area contributed by atoms with Crippen LogP contribution in [0.3, 0.4) is 0 Å². The largest absolute Gasteiger partial charge is 0.347 e. The van der Waals surface area contributed by atoms with E-state index in [1.165, 1.54) is 5.39 Å². The average Bonchev–Trinajstić information content (AvgIpc) is 3.13. The molecule has 0 saturated heterocycles. The molecule has 0 unspecified atom stereocenters. The van der Waals surface area contributed by atoms with Crippen LogP contribution in [0.4, 0.5) is 5.69 Å². The Morgan fingerprint density at radius 1 is 0.821 bits per heavy atom. The van der Waals surface area contributed by atoms with E-state index < -0.39 is 0 Å². The maximum atomic E-state index is 12.3. The molecule has 4 aromatic rings. The molecule has 0 aliphatic heterocycles. The molecule has 1 amide bonds. The standard InChI is InChI=1S/C23H21N3O2/c27-22(13-16-25-15-12-19-5-1-2-6-21(19)25)24-20-10-8-18(9-11-20)17-26-14-4-3-7-23(26)28/h1-12,14-15H,13,16-17H2,(H,24,27). The fourth-order valence-electron chi connectivity index (χ4n) is 3.26. The van der Waals surface area contributed by atoms with Gasteiger partial charge >= 0.3 is 0 Å². The van der Waals surface area contributed by atoms with Crippen molar-refractivity contribution in [3.05, 3.63) is 101 Å². The van der Waals surface area contributed by atoms with Gasteiger partial charge in [-0.2, -0.15) is 0 Å². The Morgan fingerprint density at radius 2 is 1.61 bits per heavy atom. The molecule has 0 aliphatic carbocycles. The summed E-state index contributed by atoms with van der Waals surface area (Å²) in [6.07, 6.45) is 4.18. The third-order valence-electron chi connectivity index (χ3n) is 4.75. The van der Waals surface area contributed by atoms with Gasteiger partial charge in [-0.15, -0.1) is 0 Å². The predicted octanol–water partition coefficient (Wildman–Crippen LogP) is 3.88. The monoisotopic (exact) mass is 371 g/mol. The molecule has 140 valence electrons.